The first-order valence-electron chi connectivity index (χ1n) is 6.30. The quantitative estimate of drug-likeness (QED) is 0.369. The lowest BCUT2D eigenvalue weighted by Crippen LogP contribution is -2.12. The van der Waals surface area contributed by atoms with Crippen LogP contribution in [-0.2, 0) is 4.79 Å². The normalized spacial score (nSPS) is 10.2. The van der Waals surface area contributed by atoms with Crippen LogP contribution < -0.4 is 11.1 Å². The van der Waals surface area contributed by atoms with Gasteiger partial charge in [-0.1, -0.05) is 23.9 Å². The van der Waals surface area contributed by atoms with Gasteiger partial charge in [0.15, 0.2) is 5.16 Å². The van der Waals surface area contributed by atoms with Crippen molar-refractivity contribution in [2.24, 2.45) is 0 Å². The van der Waals surface area contributed by atoms with Crippen LogP contribution in [0.3, 0.4) is 0 Å². The van der Waals surface area contributed by atoms with E-state index in [1.165, 1.54) is 0 Å². The zero-order chi connectivity index (χ0) is 14.2. The second kappa shape index (κ2) is 7.49. The van der Waals surface area contributed by atoms with Crippen molar-refractivity contribution >= 4 is 29.0 Å². The summed E-state index contributed by atoms with van der Waals surface area (Å²) >= 11 is 1.54. The average Bonchev–Trinajstić information content (AvgIpc) is 2.47. The van der Waals surface area contributed by atoms with Crippen molar-refractivity contribution in [2.45, 2.75) is 18.0 Å². The molecule has 3 N–H and O–H groups in total. The first kappa shape index (κ1) is 14.3. The maximum atomic E-state index is 11.8. The van der Waals surface area contributed by atoms with E-state index in [9.17, 15) is 4.79 Å². The Kier molecular flexibility index (Phi) is 5.37. The number of benzene rings is 1. The lowest BCUT2D eigenvalue weighted by atomic mass is 10.2. The average molecular weight is 288 g/mol. The van der Waals surface area contributed by atoms with Crippen LogP contribution in [0.15, 0.2) is 47.9 Å². The topological polar surface area (TPSA) is 80.9 Å². The molecular formula is C14H16N4OS. The molecule has 2 aromatic rings. The number of carbonyl (C=O) groups excluding carboxylic acids is 1. The number of rotatable bonds is 6. The number of para-hydroxylation sites is 2. The highest BCUT2D eigenvalue weighted by atomic mass is 32.2. The van der Waals surface area contributed by atoms with Gasteiger partial charge in [0, 0.05) is 24.6 Å². The molecule has 6 heteroatoms. The summed E-state index contributed by atoms with van der Waals surface area (Å²) in [7, 11) is 0. The first-order valence-corrected chi connectivity index (χ1v) is 7.28. The number of thioether (sulfide) groups is 1. The minimum Gasteiger partial charge on any atom is -0.397 e. The molecule has 20 heavy (non-hydrogen) atoms. The van der Waals surface area contributed by atoms with Crippen LogP contribution >= 0.6 is 11.8 Å². The number of nitrogens with two attached hydrogens (primary N) is 1. The van der Waals surface area contributed by atoms with E-state index in [-0.39, 0.29) is 5.91 Å². The molecule has 5 nitrogen and oxygen atoms in total. The summed E-state index contributed by atoms with van der Waals surface area (Å²) in [5.41, 5.74) is 7.00. The predicted molar refractivity (Wildman–Crippen MR) is 81.5 cm³/mol. The molecule has 2 rings (SSSR count). The van der Waals surface area contributed by atoms with Crippen molar-refractivity contribution < 1.29 is 4.79 Å². The van der Waals surface area contributed by atoms with E-state index in [0.717, 1.165) is 17.3 Å². The van der Waals surface area contributed by atoms with Crippen LogP contribution in [0.25, 0.3) is 0 Å². The third-order valence-electron chi connectivity index (χ3n) is 2.56. The van der Waals surface area contributed by atoms with Gasteiger partial charge in [-0.05, 0) is 24.6 Å². The molecule has 0 radical (unpaired) electrons. The van der Waals surface area contributed by atoms with Gasteiger partial charge in [0.05, 0.1) is 11.4 Å². The molecule has 0 saturated carbocycles. The standard InChI is InChI=1S/C14H16N4OS/c15-11-5-1-2-6-12(11)18-13(19)7-3-10-20-14-16-8-4-9-17-14/h1-2,4-6,8-9H,3,7,10,15H2,(H,18,19). The maximum Gasteiger partial charge on any atom is 0.224 e. The van der Waals surface area contributed by atoms with Crippen molar-refractivity contribution in [3.05, 3.63) is 42.7 Å². The van der Waals surface area contributed by atoms with E-state index in [0.29, 0.717) is 17.8 Å². The number of nitrogen functional groups attached to an aromatic ring is 1. The van der Waals surface area contributed by atoms with E-state index in [1.54, 1.807) is 42.4 Å². The lowest BCUT2D eigenvalue weighted by Gasteiger charge is -2.07. The molecular weight excluding hydrogens is 272 g/mol. The highest BCUT2D eigenvalue weighted by molar-refractivity contribution is 7.99. The van der Waals surface area contributed by atoms with Gasteiger partial charge >= 0.3 is 0 Å². The number of nitrogens with one attached hydrogen (secondary N) is 1. The van der Waals surface area contributed by atoms with E-state index in [2.05, 4.69) is 15.3 Å². The zero-order valence-electron chi connectivity index (χ0n) is 11.0. The molecule has 0 aliphatic heterocycles. The minimum absolute atomic E-state index is 0.0301. The third-order valence-corrected chi connectivity index (χ3v) is 3.52. The monoisotopic (exact) mass is 288 g/mol. The van der Waals surface area contributed by atoms with Gasteiger partial charge in [-0.3, -0.25) is 4.79 Å². The first-order chi connectivity index (χ1) is 9.75. The van der Waals surface area contributed by atoms with Crippen LogP contribution in [-0.4, -0.2) is 21.6 Å². The summed E-state index contributed by atoms with van der Waals surface area (Å²) in [6, 6.07) is 9.01. The molecule has 1 aromatic heterocycles. The number of hydrogen-bond donors (Lipinski definition) is 2. The molecule has 1 heterocycles. The van der Waals surface area contributed by atoms with Crippen LogP contribution in [0, 0.1) is 0 Å². The number of hydrogen-bond acceptors (Lipinski definition) is 5. The highest BCUT2D eigenvalue weighted by Crippen LogP contribution is 2.18. The van der Waals surface area contributed by atoms with Crippen LogP contribution in [0.1, 0.15) is 12.8 Å². The second-order valence-corrected chi connectivity index (χ2v) is 5.18. The van der Waals surface area contributed by atoms with Crippen molar-refractivity contribution in [1.82, 2.24) is 9.97 Å². The molecule has 104 valence electrons. The Morgan fingerprint density at radius 3 is 2.70 bits per heavy atom. The Bertz CT molecular complexity index is 562. The predicted octanol–water partition coefficient (Wildman–Crippen LogP) is 2.57. The Hall–Kier alpha value is -2.08. The Balaban J connectivity index is 1.69. The molecule has 0 saturated heterocycles. The van der Waals surface area contributed by atoms with Crippen molar-refractivity contribution in [3.63, 3.8) is 0 Å². The zero-order valence-corrected chi connectivity index (χ0v) is 11.8. The number of anilines is 2. The second-order valence-electron chi connectivity index (χ2n) is 4.12. The molecule has 0 aliphatic rings. The van der Waals surface area contributed by atoms with Gasteiger partial charge in [0.2, 0.25) is 5.91 Å². The van der Waals surface area contributed by atoms with Gasteiger partial charge in [-0.2, -0.15) is 0 Å². The highest BCUT2D eigenvalue weighted by Gasteiger charge is 2.05. The summed E-state index contributed by atoms with van der Waals surface area (Å²) in [6.45, 7) is 0. The Labute approximate surface area is 122 Å². The summed E-state index contributed by atoms with van der Waals surface area (Å²) < 4.78 is 0. The maximum absolute atomic E-state index is 11.8. The molecule has 0 spiro atoms. The number of aromatic nitrogens is 2. The van der Waals surface area contributed by atoms with Crippen LogP contribution in [0.4, 0.5) is 11.4 Å². The van der Waals surface area contributed by atoms with Crippen molar-refractivity contribution in [1.29, 1.82) is 0 Å². The van der Waals surface area contributed by atoms with Crippen LogP contribution in [0.5, 0.6) is 0 Å². The summed E-state index contributed by atoms with van der Waals surface area (Å²) in [6.07, 6.45) is 4.64. The van der Waals surface area contributed by atoms with Gasteiger partial charge in [0.25, 0.3) is 0 Å². The molecule has 0 atom stereocenters. The number of amides is 1. The molecule has 0 aliphatic carbocycles. The van der Waals surface area contributed by atoms with E-state index < -0.39 is 0 Å². The van der Waals surface area contributed by atoms with Gasteiger partial charge in [-0.15, -0.1) is 0 Å². The SMILES string of the molecule is Nc1ccccc1NC(=O)CCCSc1ncccn1. The lowest BCUT2D eigenvalue weighted by molar-refractivity contribution is -0.116. The Morgan fingerprint density at radius 2 is 1.95 bits per heavy atom. The Morgan fingerprint density at radius 1 is 1.20 bits per heavy atom. The number of carbonyl (C=O) groups is 1. The smallest absolute Gasteiger partial charge is 0.224 e. The summed E-state index contributed by atoms with van der Waals surface area (Å²) in [5.74, 6) is 0.777. The summed E-state index contributed by atoms with van der Waals surface area (Å²) in [5, 5.41) is 3.54. The minimum atomic E-state index is -0.0301. The van der Waals surface area contributed by atoms with Crippen molar-refractivity contribution in [3.8, 4) is 0 Å². The number of nitrogens with zero attached hydrogens (tertiary/aromatic N) is 2. The molecule has 0 bridgehead atoms. The fourth-order valence-electron chi connectivity index (χ4n) is 1.58. The fraction of sp³-hybridized carbons (Fsp3) is 0.214. The van der Waals surface area contributed by atoms with Crippen LogP contribution in [0.2, 0.25) is 0 Å². The molecule has 1 amide bonds. The van der Waals surface area contributed by atoms with Gasteiger partial charge < -0.3 is 11.1 Å². The van der Waals surface area contributed by atoms with E-state index in [1.807, 2.05) is 12.1 Å². The fourth-order valence-corrected chi connectivity index (χ4v) is 2.32. The molecule has 0 fully saturated rings. The van der Waals surface area contributed by atoms with E-state index in [4.69, 9.17) is 5.73 Å². The summed E-state index contributed by atoms with van der Waals surface area (Å²) in [4.78, 5) is 20.0. The molecule has 0 unspecified atom stereocenters. The molecule has 1 aromatic carbocycles. The van der Waals surface area contributed by atoms with Gasteiger partial charge in [0.1, 0.15) is 0 Å². The van der Waals surface area contributed by atoms with Crippen molar-refractivity contribution in [2.75, 3.05) is 16.8 Å². The van der Waals surface area contributed by atoms with Gasteiger partial charge in [-0.25, -0.2) is 9.97 Å². The van der Waals surface area contributed by atoms with E-state index >= 15 is 0 Å². The largest absolute Gasteiger partial charge is 0.397 e. The third kappa shape index (κ3) is 4.55.